The molecule has 0 rings (SSSR count). The minimum absolute atomic E-state index is 0.250. The van der Waals surface area contributed by atoms with Crippen LogP contribution in [-0.2, 0) is 0 Å². The van der Waals surface area contributed by atoms with E-state index in [0.29, 0.717) is 6.42 Å². The van der Waals surface area contributed by atoms with Crippen LogP contribution in [0.2, 0.25) is 0 Å². The van der Waals surface area contributed by atoms with E-state index in [1.165, 1.54) is 0 Å². The van der Waals surface area contributed by atoms with Crippen molar-refractivity contribution in [2.45, 2.75) is 31.7 Å². The van der Waals surface area contributed by atoms with Crippen molar-refractivity contribution < 1.29 is 5.11 Å². The molecule has 0 bridgehead atoms. The van der Waals surface area contributed by atoms with Crippen molar-refractivity contribution in [1.29, 1.82) is 0 Å². The zero-order valence-corrected chi connectivity index (χ0v) is 5.62. The van der Waals surface area contributed by atoms with Crippen molar-refractivity contribution in [3.8, 4) is 0 Å². The van der Waals surface area contributed by atoms with E-state index in [4.69, 9.17) is 22.3 Å². The van der Waals surface area contributed by atoms with Crippen LogP contribution >= 0.6 is 0 Å². The zero-order chi connectivity index (χ0) is 7.44. The summed E-state index contributed by atoms with van der Waals surface area (Å²) in [6.07, 6.45) is -0.687. The molecular formula is C5H15N3O. The first kappa shape index (κ1) is 8.84. The Balaban J connectivity index is 3.38. The van der Waals surface area contributed by atoms with E-state index >= 15 is 0 Å². The first-order chi connectivity index (χ1) is 4.04. The van der Waals surface area contributed by atoms with Crippen molar-refractivity contribution in [2.24, 2.45) is 17.2 Å². The number of aliphatic hydroxyl groups excluding tert-OH is 1. The molecule has 4 nitrogen and oxygen atoms in total. The first-order valence-corrected chi connectivity index (χ1v) is 2.99. The van der Waals surface area contributed by atoms with Crippen LogP contribution < -0.4 is 17.2 Å². The van der Waals surface area contributed by atoms with Gasteiger partial charge in [-0.2, -0.15) is 0 Å². The third-order valence-corrected chi connectivity index (χ3v) is 1.12. The highest BCUT2D eigenvalue weighted by atomic mass is 16.3. The topological polar surface area (TPSA) is 98.3 Å². The Morgan fingerprint density at radius 1 is 1.33 bits per heavy atom. The third kappa shape index (κ3) is 4.35. The van der Waals surface area contributed by atoms with Gasteiger partial charge in [0, 0.05) is 12.5 Å². The fourth-order valence-corrected chi connectivity index (χ4v) is 0.494. The molecule has 0 aliphatic carbocycles. The molecule has 0 radical (unpaired) electrons. The average molecular weight is 133 g/mol. The minimum Gasteiger partial charge on any atom is -0.391 e. The molecule has 0 amide bonds. The highest BCUT2D eigenvalue weighted by molar-refractivity contribution is 4.69. The first-order valence-electron chi connectivity index (χ1n) is 2.99. The zero-order valence-electron chi connectivity index (χ0n) is 5.62. The Labute approximate surface area is 55.0 Å². The molecule has 0 fully saturated rings. The molecule has 2 atom stereocenters. The van der Waals surface area contributed by atoms with Gasteiger partial charge in [0.25, 0.3) is 0 Å². The van der Waals surface area contributed by atoms with Crippen LogP contribution in [-0.4, -0.2) is 23.4 Å². The van der Waals surface area contributed by atoms with Gasteiger partial charge in [0.05, 0.1) is 12.3 Å². The van der Waals surface area contributed by atoms with Crippen LogP contribution in [0.25, 0.3) is 0 Å². The van der Waals surface area contributed by atoms with Crippen molar-refractivity contribution in [3.63, 3.8) is 0 Å². The van der Waals surface area contributed by atoms with E-state index in [1.807, 2.05) is 0 Å². The number of hydrogen-bond acceptors (Lipinski definition) is 4. The lowest BCUT2D eigenvalue weighted by Gasteiger charge is -2.15. The maximum absolute atomic E-state index is 9.01. The molecular weight excluding hydrogens is 118 g/mol. The molecule has 9 heavy (non-hydrogen) atoms. The molecule has 0 aromatic heterocycles. The summed E-state index contributed by atoms with van der Waals surface area (Å²) in [6.45, 7) is 1.72. The predicted octanol–water partition coefficient (Wildman–Crippen LogP) is -1.67. The largest absolute Gasteiger partial charge is 0.391 e. The van der Waals surface area contributed by atoms with Gasteiger partial charge in [-0.1, -0.05) is 0 Å². The van der Waals surface area contributed by atoms with E-state index < -0.39 is 12.3 Å². The molecule has 0 aliphatic heterocycles. The average Bonchev–Trinajstić information content (AvgIpc) is 1.63. The Kier molecular flexibility index (Phi) is 3.72. The van der Waals surface area contributed by atoms with Gasteiger partial charge in [0.1, 0.15) is 0 Å². The van der Waals surface area contributed by atoms with Crippen LogP contribution in [0.1, 0.15) is 13.3 Å². The van der Waals surface area contributed by atoms with Crippen molar-refractivity contribution in [1.82, 2.24) is 0 Å². The maximum atomic E-state index is 9.01. The fraction of sp³-hybridized carbons (Fsp3) is 1.00. The lowest BCUT2D eigenvalue weighted by molar-refractivity contribution is 0.133. The molecule has 0 aromatic carbocycles. The second-order valence-corrected chi connectivity index (χ2v) is 2.33. The summed E-state index contributed by atoms with van der Waals surface area (Å²) in [5, 5.41) is 9.01. The molecule has 0 aromatic rings. The molecule has 0 saturated carbocycles. The highest BCUT2D eigenvalue weighted by Gasteiger charge is 2.10. The molecule has 0 saturated heterocycles. The van der Waals surface area contributed by atoms with Gasteiger partial charge < -0.3 is 22.3 Å². The summed E-state index contributed by atoms with van der Waals surface area (Å²) in [5.41, 5.74) is 15.7. The van der Waals surface area contributed by atoms with Crippen molar-refractivity contribution >= 4 is 0 Å². The van der Waals surface area contributed by atoms with Gasteiger partial charge in [0.15, 0.2) is 0 Å². The standard InChI is InChI=1S/C5H15N3O/c1-3(6)4(9)2-5(7)8/h3-5,9H,2,6-8H2,1H3. The minimum atomic E-state index is -0.579. The highest BCUT2D eigenvalue weighted by Crippen LogP contribution is 1.94. The lowest BCUT2D eigenvalue weighted by atomic mass is 10.1. The molecule has 0 spiro atoms. The summed E-state index contributed by atoms with van der Waals surface area (Å²) in [5.74, 6) is 0. The fourth-order valence-electron chi connectivity index (χ4n) is 0.494. The Morgan fingerprint density at radius 3 is 1.89 bits per heavy atom. The van der Waals surface area contributed by atoms with Crippen LogP contribution in [0.3, 0.4) is 0 Å². The second-order valence-electron chi connectivity index (χ2n) is 2.33. The summed E-state index contributed by atoms with van der Waals surface area (Å²) >= 11 is 0. The Morgan fingerprint density at radius 2 is 1.78 bits per heavy atom. The third-order valence-electron chi connectivity index (χ3n) is 1.12. The van der Waals surface area contributed by atoms with Crippen LogP contribution in [0.5, 0.6) is 0 Å². The van der Waals surface area contributed by atoms with E-state index in [0.717, 1.165) is 0 Å². The van der Waals surface area contributed by atoms with Crippen LogP contribution in [0.4, 0.5) is 0 Å². The van der Waals surface area contributed by atoms with Crippen molar-refractivity contribution in [2.75, 3.05) is 0 Å². The summed E-state index contributed by atoms with van der Waals surface area (Å²) < 4.78 is 0. The van der Waals surface area contributed by atoms with E-state index in [9.17, 15) is 0 Å². The molecule has 4 heteroatoms. The van der Waals surface area contributed by atoms with Gasteiger partial charge in [-0.3, -0.25) is 0 Å². The van der Waals surface area contributed by atoms with E-state index in [2.05, 4.69) is 0 Å². The Hall–Kier alpha value is -0.160. The van der Waals surface area contributed by atoms with Gasteiger partial charge >= 0.3 is 0 Å². The van der Waals surface area contributed by atoms with Gasteiger partial charge in [-0.25, -0.2) is 0 Å². The van der Waals surface area contributed by atoms with Gasteiger partial charge in [-0.15, -0.1) is 0 Å². The molecule has 56 valence electrons. The summed E-state index contributed by atoms with van der Waals surface area (Å²) in [6, 6.07) is -0.250. The summed E-state index contributed by atoms with van der Waals surface area (Å²) in [4.78, 5) is 0. The quantitative estimate of drug-likeness (QED) is 0.346. The van der Waals surface area contributed by atoms with Gasteiger partial charge in [0.2, 0.25) is 0 Å². The monoisotopic (exact) mass is 133 g/mol. The SMILES string of the molecule is CC(N)C(O)CC(N)N. The maximum Gasteiger partial charge on any atom is 0.0715 e. The van der Waals surface area contributed by atoms with E-state index in [-0.39, 0.29) is 6.04 Å². The smallest absolute Gasteiger partial charge is 0.0715 e. The second kappa shape index (κ2) is 3.79. The van der Waals surface area contributed by atoms with Crippen molar-refractivity contribution in [3.05, 3.63) is 0 Å². The summed E-state index contributed by atoms with van der Waals surface area (Å²) in [7, 11) is 0. The normalized spacial score (nSPS) is 18.0. The molecule has 0 heterocycles. The van der Waals surface area contributed by atoms with Crippen LogP contribution in [0.15, 0.2) is 0 Å². The number of hydrogen-bond donors (Lipinski definition) is 4. The predicted molar refractivity (Wildman–Crippen MR) is 36.4 cm³/mol. The molecule has 2 unspecified atom stereocenters. The lowest BCUT2D eigenvalue weighted by Crippen LogP contribution is -2.41. The van der Waals surface area contributed by atoms with Crippen LogP contribution in [0, 0.1) is 0 Å². The number of rotatable bonds is 3. The van der Waals surface area contributed by atoms with Gasteiger partial charge in [-0.05, 0) is 6.92 Å². The number of nitrogens with two attached hydrogens (primary N) is 3. The van der Waals surface area contributed by atoms with E-state index in [1.54, 1.807) is 6.92 Å². The molecule has 7 N–H and O–H groups in total. The Bertz CT molecular complexity index is 74.6. The number of aliphatic hydroxyl groups is 1. The molecule has 0 aliphatic rings.